The Kier molecular flexibility index (Phi) is 5.24. The summed E-state index contributed by atoms with van der Waals surface area (Å²) in [7, 11) is -3.68. The first-order valence-electron chi connectivity index (χ1n) is 5.76. The van der Waals surface area contributed by atoms with Gasteiger partial charge in [-0.25, -0.2) is 13.4 Å². The lowest BCUT2D eigenvalue weighted by molar-refractivity contribution is 0.305. The number of thiophene rings is 1. The van der Waals surface area contributed by atoms with Crippen molar-refractivity contribution in [3.63, 3.8) is 0 Å². The monoisotopic (exact) mass is 362 g/mol. The van der Waals surface area contributed by atoms with Gasteiger partial charge in [-0.2, -0.15) is 0 Å². The van der Waals surface area contributed by atoms with Crippen molar-refractivity contribution < 1.29 is 13.5 Å². The first-order valence-corrected chi connectivity index (χ1v) is 9.26. The fourth-order valence-corrected chi connectivity index (χ4v) is 4.95. The van der Waals surface area contributed by atoms with Gasteiger partial charge >= 0.3 is 0 Å². The average molecular weight is 363 g/mol. The van der Waals surface area contributed by atoms with Gasteiger partial charge in [0.25, 0.3) is 10.0 Å². The number of aryl methyl sites for hydroxylation is 1. The van der Waals surface area contributed by atoms with E-state index in [0.717, 1.165) is 28.2 Å². The molecule has 0 aromatic carbocycles. The number of nitrogens with zero attached hydrogens (tertiary/aromatic N) is 1. The van der Waals surface area contributed by atoms with E-state index in [9.17, 15) is 8.42 Å². The molecule has 0 fully saturated rings. The summed E-state index contributed by atoms with van der Waals surface area (Å²) >= 11 is 8.02. The van der Waals surface area contributed by atoms with E-state index in [0.29, 0.717) is 15.6 Å². The number of aliphatic hydroxyl groups is 1. The average Bonchev–Trinajstić information content (AvgIpc) is 2.98. The lowest BCUT2D eigenvalue weighted by Crippen LogP contribution is -2.11. The molecule has 0 bridgehead atoms. The van der Waals surface area contributed by atoms with Gasteiger partial charge in [-0.3, -0.25) is 4.72 Å². The predicted octanol–water partition coefficient (Wildman–Crippen LogP) is 2.70. The Bertz CT molecular complexity index is 780. The summed E-state index contributed by atoms with van der Waals surface area (Å²) in [6, 6.07) is 1.52. The van der Waals surface area contributed by atoms with E-state index in [1.54, 1.807) is 6.92 Å². The molecule has 2 aromatic heterocycles. The van der Waals surface area contributed by atoms with Crippen LogP contribution in [-0.2, 0) is 10.0 Å². The van der Waals surface area contributed by atoms with Gasteiger partial charge in [0.2, 0.25) is 0 Å². The molecule has 0 amide bonds. The molecule has 0 radical (unpaired) electrons. The lowest BCUT2D eigenvalue weighted by atomic mass is 10.4. The molecule has 2 heterocycles. The SMILES string of the molecule is Cc1cc(S(=O)(=O)Nc2ncc(C#CCCO)s2)sc1Cl. The van der Waals surface area contributed by atoms with Crippen LogP contribution < -0.4 is 4.72 Å². The molecule has 2 rings (SSSR count). The van der Waals surface area contributed by atoms with Crippen LogP contribution in [-0.4, -0.2) is 25.1 Å². The Morgan fingerprint density at radius 2 is 2.24 bits per heavy atom. The van der Waals surface area contributed by atoms with Gasteiger partial charge in [0.05, 0.1) is 22.0 Å². The maximum absolute atomic E-state index is 12.2. The second kappa shape index (κ2) is 6.77. The second-order valence-electron chi connectivity index (χ2n) is 3.93. The summed E-state index contributed by atoms with van der Waals surface area (Å²) in [5, 5.41) is 8.88. The zero-order valence-corrected chi connectivity index (χ0v) is 14.1. The van der Waals surface area contributed by atoms with Crippen molar-refractivity contribution in [1.82, 2.24) is 4.98 Å². The minimum absolute atomic E-state index is 0.0101. The Morgan fingerprint density at radius 3 is 2.86 bits per heavy atom. The van der Waals surface area contributed by atoms with Crippen molar-refractivity contribution in [1.29, 1.82) is 0 Å². The van der Waals surface area contributed by atoms with E-state index < -0.39 is 10.0 Å². The van der Waals surface area contributed by atoms with Gasteiger partial charge in [-0.1, -0.05) is 34.8 Å². The molecule has 0 saturated heterocycles. The van der Waals surface area contributed by atoms with Gasteiger partial charge in [-0.05, 0) is 18.6 Å². The Labute approximate surface area is 135 Å². The summed E-state index contributed by atoms with van der Waals surface area (Å²) in [4.78, 5) is 4.60. The molecule has 0 atom stereocenters. The molecule has 2 N–H and O–H groups in total. The minimum atomic E-state index is -3.68. The van der Waals surface area contributed by atoms with Crippen LogP contribution in [0.1, 0.15) is 16.9 Å². The van der Waals surface area contributed by atoms with Crippen LogP contribution in [0.2, 0.25) is 4.34 Å². The number of aliphatic hydroxyl groups excluding tert-OH is 1. The first kappa shape index (κ1) is 16.3. The zero-order chi connectivity index (χ0) is 15.5. The molecule has 0 saturated carbocycles. The molecule has 0 spiro atoms. The van der Waals surface area contributed by atoms with Crippen molar-refractivity contribution in [2.45, 2.75) is 17.6 Å². The van der Waals surface area contributed by atoms with E-state index in [-0.39, 0.29) is 15.9 Å². The number of sulfonamides is 1. The van der Waals surface area contributed by atoms with Crippen LogP contribution in [0, 0.1) is 18.8 Å². The Hall–Kier alpha value is -1.11. The van der Waals surface area contributed by atoms with E-state index in [2.05, 4.69) is 21.5 Å². The van der Waals surface area contributed by atoms with Gasteiger partial charge in [0, 0.05) is 6.42 Å². The van der Waals surface area contributed by atoms with Crippen molar-refractivity contribution in [2.75, 3.05) is 11.3 Å². The van der Waals surface area contributed by atoms with E-state index >= 15 is 0 Å². The fraction of sp³-hybridized carbons (Fsp3) is 0.250. The summed E-state index contributed by atoms with van der Waals surface area (Å²) in [5.74, 6) is 5.55. The highest BCUT2D eigenvalue weighted by Gasteiger charge is 2.19. The molecule has 2 aromatic rings. The standard InChI is InChI=1S/C12H11ClN2O3S3/c1-8-6-10(20-11(8)13)21(17,18)15-12-14-7-9(19-12)4-2-3-5-16/h6-7,16H,3,5H2,1H3,(H,14,15). The molecule has 112 valence electrons. The van der Waals surface area contributed by atoms with Gasteiger partial charge in [-0.15, -0.1) is 11.3 Å². The molecule has 0 aliphatic rings. The Morgan fingerprint density at radius 1 is 1.48 bits per heavy atom. The normalized spacial score (nSPS) is 11.0. The van der Waals surface area contributed by atoms with Gasteiger partial charge < -0.3 is 5.11 Å². The third-order valence-corrected chi connectivity index (χ3v) is 6.60. The number of hydrogen-bond donors (Lipinski definition) is 2. The number of aromatic nitrogens is 1. The summed E-state index contributed by atoms with van der Waals surface area (Å²) in [6.07, 6.45) is 1.85. The van der Waals surface area contributed by atoms with Gasteiger partial charge in [0.1, 0.15) is 4.21 Å². The van der Waals surface area contributed by atoms with Crippen LogP contribution in [0.25, 0.3) is 0 Å². The highest BCUT2D eigenvalue weighted by atomic mass is 35.5. The van der Waals surface area contributed by atoms with E-state index in [1.165, 1.54) is 12.3 Å². The molecular formula is C12H11ClN2O3S3. The quantitative estimate of drug-likeness (QED) is 0.819. The number of halogens is 1. The molecule has 21 heavy (non-hydrogen) atoms. The molecular weight excluding hydrogens is 352 g/mol. The Balaban J connectivity index is 2.16. The maximum atomic E-state index is 12.2. The number of hydrogen-bond acceptors (Lipinski definition) is 6. The van der Waals surface area contributed by atoms with Crippen molar-refractivity contribution in [3.8, 4) is 11.8 Å². The van der Waals surface area contributed by atoms with E-state index in [1.807, 2.05) is 0 Å². The predicted molar refractivity (Wildman–Crippen MR) is 85.6 cm³/mol. The summed E-state index contributed by atoms with van der Waals surface area (Å²) < 4.78 is 27.3. The van der Waals surface area contributed by atoms with Crippen LogP contribution in [0.15, 0.2) is 16.5 Å². The van der Waals surface area contributed by atoms with E-state index in [4.69, 9.17) is 16.7 Å². The number of thiazole rings is 1. The summed E-state index contributed by atoms with van der Waals surface area (Å²) in [6.45, 7) is 1.74. The third-order valence-electron chi connectivity index (χ3n) is 2.28. The number of anilines is 1. The number of nitrogens with one attached hydrogen (secondary N) is 1. The second-order valence-corrected chi connectivity index (χ2v) is 8.53. The van der Waals surface area contributed by atoms with Gasteiger partial charge in [0.15, 0.2) is 5.13 Å². The highest BCUT2D eigenvalue weighted by Crippen LogP contribution is 2.31. The fourth-order valence-electron chi connectivity index (χ4n) is 1.31. The smallest absolute Gasteiger partial charge is 0.273 e. The maximum Gasteiger partial charge on any atom is 0.273 e. The summed E-state index contributed by atoms with van der Waals surface area (Å²) in [5.41, 5.74) is 0.719. The largest absolute Gasteiger partial charge is 0.395 e. The first-order chi connectivity index (χ1) is 9.92. The number of rotatable bonds is 4. The topological polar surface area (TPSA) is 79.3 Å². The van der Waals surface area contributed by atoms with Crippen molar-refractivity contribution >= 4 is 49.4 Å². The molecule has 9 heteroatoms. The van der Waals surface area contributed by atoms with Crippen LogP contribution in [0.5, 0.6) is 0 Å². The van der Waals surface area contributed by atoms with Crippen molar-refractivity contribution in [2.24, 2.45) is 0 Å². The molecule has 5 nitrogen and oxygen atoms in total. The molecule has 0 aliphatic heterocycles. The molecule has 0 unspecified atom stereocenters. The third kappa shape index (κ3) is 4.18. The van der Waals surface area contributed by atoms with Crippen molar-refractivity contribution in [3.05, 3.63) is 27.0 Å². The van der Waals surface area contributed by atoms with Crippen LogP contribution in [0.4, 0.5) is 5.13 Å². The van der Waals surface area contributed by atoms with Crippen LogP contribution >= 0.6 is 34.3 Å². The van der Waals surface area contributed by atoms with Crippen LogP contribution in [0.3, 0.4) is 0 Å². The zero-order valence-electron chi connectivity index (χ0n) is 10.9. The molecule has 0 aliphatic carbocycles. The highest BCUT2D eigenvalue weighted by molar-refractivity contribution is 7.95. The lowest BCUT2D eigenvalue weighted by Gasteiger charge is -2.01. The minimum Gasteiger partial charge on any atom is -0.395 e.